The molecule has 0 spiro atoms. The van der Waals surface area contributed by atoms with Gasteiger partial charge in [0.1, 0.15) is 11.6 Å². The molecule has 156 valence electrons. The maximum absolute atomic E-state index is 14.4. The Morgan fingerprint density at radius 2 is 1.86 bits per heavy atom. The zero-order valence-electron chi connectivity index (χ0n) is 17.4. The lowest BCUT2D eigenvalue weighted by Gasteiger charge is -2.23. The molecule has 2 aromatic rings. The van der Waals surface area contributed by atoms with Crippen LogP contribution in [0.15, 0.2) is 24.3 Å². The van der Waals surface area contributed by atoms with Crippen molar-refractivity contribution in [2.24, 2.45) is 5.92 Å². The first-order valence-corrected chi connectivity index (χ1v) is 12.3. The molecule has 1 heterocycles. The van der Waals surface area contributed by atoms with Crippen LogP contribution in [0.1, 0.15) is 54.4 Å². The molecule has 1 aliphatic heterocycles. The van der Waals surface area contributed by atoms with E-state index >= 15 is 0 Å². The van der Waals surface area contributed by atoms with E-state index in [0.29, 0.717) is 12.4 Å². The predicted molar refractivity (Wildman–Crippen MR) is 115 cm³/mol. The summed E-state index contributed by atoms with van der Waals surface area (Å²) in [5, 5.41) is 0. The molecule has 2 atom stereocenters. The summed E-state index contributed by atoms with van der Waals surface area (Å²) in [6.07, 6.45) is 3.53. The van der Waals surface area contributed by atoms with Crippen molar-refractivity contribution in [2.75, 3.05) is 18.1 Å². The van der Waals surface area contributed by atoms with Crippen molar-refractivity contribution in [3.8, 4) is 16.9 Å². The normalized spacial score (nSPS) is 23.0. The summed E-state index contributed by atoms with van der Waals surface area (Å²) in [5.41, 5.74) is 6.51. The molecule has 2 aromatic carbocycles. The minimum absolute atomic E-state index is 0.0656. The molecule has 4 rings (SSSR count). The number of halogens is 1. The average molecular weight is 417 g/mol. The Morgan fingerprint density at radius 1 is 1.14 bits per heavy atom. The van der Waals surface area contributed by atoms with Crippen molar-refractivity contribution in [1.82, 2.24) is 0 Å². The maximum Gasteiger partial charge on any atom is 0.150 e. The van der Waals surface area contributed by atoms with Gasteiger partial charge in [0.05, 0.1) is 18.1 Å². The first-order chi connectivity index (χ1) is 13.7. The van der Waals surface area contributed by atoms with Gasteiger partial charge in [-0.25, -0.2) is 12.8 Å². The van der Waals surface area contributed by atoms with Crippen molar-refractivity contribution >= 4 is 9.84 Å². The quantitative estimate of drug-likeness (QED) is 0.674. The average Bonchev–Trinajstić information content (AvgIpc) is 3.03. The summed E-state index contributed by atoms with van der Waals surface area (Å²) < 4.78 is 44.0. The number of benzene rings is 2. The van der Waals surface area contributed by atoms with Crippen molar-refractivity contribution in [1.29, 1.82) is 0 Å². The third kappa shape index (κ3) is 4.07. The van der Waals surface area contributed by atoms with Gasteiger partial charge in [0, 0.05) is 5.92 Å². The Morgan fingerprint density at radius 3 is 2.55 bits per heavy atom. The Kier molecular flexibility index (Phi) is 5.45. The topological polar surface area (TPSA) is 43.4 Å². The molecule has 1 fully saturated rings. The highest BCUT2D eigenvalue weighted by atomic mass is 32.2. The van der Waals surface area contributed by atoms with Gasteiger partial charge in [-0.3, -0.25) is 0 Å². The number of fused-ring (bicyclic) bond motifs is 1. The fourth-order valence-corrected chi connectivity index (χ4v) is 6.83. The molecule has 0 amide bonds. The Labute approximate surface area is 173 Å². The summed E-state index contributed by atoms with van der Waals surface area (Å²) in [5.74, 6) is 1.54. The van der Waals surface area contributed by atoms with Gasteiger partial charge in [-0.15, -0.1) is 0 Å². The van der Waals surface area contributed by atoms with Crippen LogP contribution in [0.4, 0.5) is 4.39 Å². The van der Waals surface area contributed by atoms with Crippen LogP contribution in [-0.2, 0) is 16.3 Å². The van der Waals surface area contributed by atoms with Gasteiger partial charge in [0.2, 0.25) is 0 Å². The first-order valence-electron chi connectivity index (χ1n) is 10.5. The van der Waals surface area contributed by atoms with E-state index in [4.69, 9.17) is 4.74 Å². The van der Waals surface area contributed by atoms with Crippen LogP contribution in [0.3, 0.4) is 0 Å². The van der Waals surface area contributed by atoms with E-state index in [0.717, 1.165) is 64.8 Å². The smallest absolute Gasteiger partial charge is 0.150 e. The summed E-state index contributed by atoms with van der Waals surface area (Å²) >= 11 is 0. The molecule has 3 nitrogen and oxygen atoms in total. The van der Waals surface area contributed by atoms with Crippen LogP contribution in [0.2, 0.25) is 0 Å². The minimum atomic E-state index is -2.92. The highest BCUT2D eigenvalue weighted by Gasteiger charge is 2.27. The van der Waals surface area contributed by atoms with Crippen LogP contribution in [-0.4, -0.2) is 26.5 Å². The third-order valence-electron chi connectivity index (χ3n) is 6.44. The molecular formula is C24H29FO3S. The lowest BCUT2D eigenvalue weighted by Crippen LogP contribution is -2.29. The molecule has 0 bridgehead atoms. The van der Waals surface area contributed by atoms with Crippen LogP contribution < -0.4 is 4.74 Å². The predicted octanol–water partition coefficient (Wildman–Crippen LogP) is 5.36. The molecule has 1 saturated heterocycles. The van der Waals surface area contributed by atoms with Gasteiger partial charge < -0.3 is 4.74 Å². The number of hydrogen-bond donors (Lipinski definition) is 0. The molecule has 0 saturated carbocycles. The zero-order valence-corrected chi connectivity index (χ0v) is 18.2. The summed E-state index contributed by atoms with van der Waals surface area (Å²) in [6.45, 7) is 6.66. The number of aryl methyl sites for hydroxylation is 2. The second kappa shape index (κ2) is 7.75. The zero-order chi connectivity index (χ0) is 20.8. The minimum Gasteiger partial charge on any atom is -0.493 e. The number of ether oxygens (including phenoxy) is 1. The van der Waals surface area contributed by atoms with Gasteiger partial charge in [0.15, 0.2) is 9.84 Å². The van der Waals surface area contributed by atoms with Crippen molar-refractivity contribution in [3.63, 3.8) is 0 Å². The molecule has 29 heavy (non-hydrogen) atoms. The Balaban J connectivity index is 1.59. The molecule has 0 radical (unpaired) electrons. The molecule has 0 N–H and O–H groups in total. The standard InChI is InChI=1S/C24H29FO3S/c1-15-6-7-21-20(8-9-22(25)24(15)21)23-16(2)11-19(12-17(23)3)28-13-18-5-4-10-29(26,27)14-18/h8-9,11-12,15,18H,4-7,10,13-14H2,1-3H3/t15-,18?/m1/s1. The van der Waals surface area contributed by atoms with Crippen LogP contribution >= 0.6 is 0 Å². The van der Waals surface area contributed by atoms with E-state index in [1.165, 1.54) is 0 Å². The SMILES string of the molecule is Cc1cc(OCC2CCCS(=O)(=O)C2)cc(C)c1-c1ccc(F)c2c1CC[C@H]2C. The fraction of sp³-hybridized carbons (Fsp3) is 0.500. The number of hydrogen-bond acceptors (Lipinski definition) is 3. The monoisotopic (exact) mass is 416 g/mol. The highest BCUT2D eigenvalue weighted by molar-refractivity contribution is 7.91. The summed E-state index contributed by atoms with van der Waals surface area (Å²) in [6, 6.07) is 7.55. The molecule has 2 aliphatic rings. The third-order valence-corrected chi connectivity index (χ3v) is 8.33. The van der Waals surface area contributed by atoms with Gasteiger partial charge in [-0.1, -0.05) is 13.0 Å². The second-order valence-electron chi connectivity index (χ2n) is 8.79. The van der Waals surface area contributed by atoms with Crippen LogP contribution in [0.5, 0.6) is 5.75 Å². The summed E-state index contributed by atoms with van der Waals surface area (Å²) in [4.78, 5) is 0. The van der Waals surface area contributed by atoms with Gasteiger partial charge in [-0.05, 0) is 97.0 Å². The first kappa shape index (κ1) is 20.4. The Bertz CT molecular complexity index is 1020. The van der Waals surface area contributed by atoms with Crippen molar-refractivity contribution in [2.45, 2.75) is 52.4 Å². The van der Waals surface area contributed by atoms with E-state index in [1.807, 2.05) is 18.2 Å². The van der Waals surface area contributed by atoms with Gasteiger partial charge >= 0.3 is 0 Å². The van der Waals surface area contributed by atoms with Crippen LogP contribution in [0, 0.1) is 25.6 Å². The number of rotatable bonds is 4. The molecule has 0 aromatic heterocycles. The van der Waals surface area contributed by atoms with E-state index in [-0.39, 0.29) is 23.4 Å². The largest absolute Gasteiger partial charge is 0.493 e. The van der Waals surface area contributed by atoms with E-state index in [1.54, 1.807) is 6.07 Å². The van der Waals surface area contributed by atoms with Crippen molar-refractivity contribution in [3.05, 3.63) is 52.3 Å². The second-order valence-corrected chi connectivity index (χ2v) is 11.0. The molecular weight excluding hydrogens is 387 g/mol. The van der Waals surface area contributed by atoms with E-state index in [9.17, 15) is 12.8 Å². The number of sulfone groups is 1. The van der Waals surface area contributed by atoms with Gasteiger partial charge in [0.25, 0.3) is 0 Å². The van der Waals surface area contributed by atoms with Crippen LogP contribution in [0.25, 0.3) is 11.1 Å². The fourth-order valence-electron chi connectivity index (χ4n) is 5.07. The highest BCUT2D eigenvalue weighted by Crippen LogP contribution is 2.42. The molecule has 1 aliphatic carbocycles. The lowest BCUT2D eigenvalue weighted by atomic mass is 9.89. The van der Waals surface area contributed by atoms with Crippen molar-refractivity contribution < 1.29 is 17.5 Å². The molecule has 1 unspecified atom stereocenters. The lowest BCUT2D eigenvalue weighted by molar-refractivity contribution is 0.249. The van der Waals surface area contributed by atoms with Gasteiger partial charge in [-0.2, -0.15) is 0 Å². The Hall–Kier alpha value is -1.88. The van der Waals surface area contributed by atoms with E-state index in [2.05, 4.69) is 20.8 Å². The van der Waals surface area contributed by atoms with E-state index < -0.39 is 9.84 Å². The molecule has 5 heteroatoms. The summed E-state index contributed by atoms with van der Waals surface area (Å²) in [7, 11) is -2.92. The maximum atomic E-state index is 14.4.